The lowest BCUT2D eigenvalue weighted by atomic mass is 10.2. The predicted octanol–water partition coefficient (Wildman–Crippen LogP) is 1.08. The van der Waals surface area contributed by atoms with E-state index in [-0.39, 0.29) is 35.1 Å². The van der Waals surface area contributed by atoms with Gasteiger partial charge in [-0.25, -0.2) is 13.4 Å². The Bertz CT molecular complexity index is 1170. The molecular formula is C21H23N5O5S. The lowest BCUT2D eigenvalue weighted by Gasteiger charge is -2.14. The van der Waals surface area contributed by atoms with Crippen LogP contribution in [0.1, 0.15) is 23.7 Å². The molecule has 0 fully saturated rings. The Morgan fingerprint density at radius 3 is 2.56 bits per heavy atom. The van der Waals surface area contributed by atoms with Crippen molar-refractivity contribution >= 4 is 39.2 Å². The molecule has 0 bridgehead atoms. The van der Waals surface area contributed by atoms with E-state index < -0.39 is 27.9 Å². The second-order valence-corrected chi connectivity index (χ2v) is 8.13. The smallest absolute Gasteiger partial charge is 0.308 e. The molecule has 11 heteroatoms. The highest BCUT2D eigenvalue weighted by molar-refractivity contribution is 7.89. The molecule has 0 radical (unpaired) electrons. The third kappa shape index (κ3) is 7.12. The van der Waals surface area contributed by atoms with Crippen LogP contribution in [0.15, 0.2) is 58.4 Å². The number of sulfonamides is 1. The summed E-state index contributed by atoms with van der Waals surface area (Å²) in [5, 5.41) is 2.61. The van der Waals surface area contributed by atoms with Crippen LogP contribution in [0.25, 0.3) is 0 Å². The number of amides is 1. The number of terminal acetylenes is 1. The number of benzene rings is 2. The fourth-order valence-electron chi connectivity index (χ4n) is 2.59. The summed E-state index contributed by atoms with van der Waals surface area (Å²) < 4.78 is 32.4. The Labute approximate surface area is 186 Å². The average molecular weight is 458 g/mol. The average Bonchev–Trinajstić information content (AvgIpc) is 2.73. The van der Waals surface area contributed by atoms with E-state index in [1.54, 1.807) is 25.1 Å². The first kappa shape index (κ1) is 24.4. The molecule has 6 N–H and O–H groups in total. The van der Waals surface area contributed by atoms with Crippen LogP contribution in [0.2, 0.25) is 0 Å². The Balaban J connectivity index is 2.17. The summed E-state index contributed by atoms with van der Waals surface area (Å²) in [6.45, 7) is 1.78. The number of nitrogens with zero attached hydrogens (tertiary/aromatic N) is 1. The zero-order valence-electron chi connectivity index (χ0n) is 17.2. The number of rotatable bonds is 9. The van der Waals surface area contributed by atoms with Crippen molar-refractivity contribution in [2.45, 2.75) is 24.3 Å². The third-order valence-electron chi connectivity index (χ3n) is 3.94. The molecule has 168 valence electrons. The molecule has 0 aliphatic rings. The molecule has 0 aliphatic heterocycles. The summed E-state index contributed by atoms with van der Waals surface area (Å²) in [6.07, 6.45) is 5.03. The monoisotopic (exact) mass is 457 g/mol. The molecule has 2 aromatic carbocycles. The van der Waals surface area contributed by atoms with E-state index in [2.05, 4.69) is 21.0 Å². The fourth-order valence-corrected chi connectivity index (χ4v) is 3.79. The molecule has 32 heavy (non-hydrogen) atoms. The summed E-state index contributed by atoms with van der Waals surface area (Å²) in [5.41, 5.74) is 11.6. The van der Waals surface area contributed by atoms with Gasteiger partial charge in [-0.1, -0.05) is 18.1 Å². The van der Waals surface area contributed by atoms with Gasteiger partial charge in [0, 0.05) is 11.3 Å². The molecule has 0 saturated heterocycles. The quantitative estimate of drug-likeness (QED) is 0.189. The Hall–Kier alpha value is -3.88. The van der Waals surface area contributed by atoms with Gasteiger partial charge in [-0.2, -0.15) is 4.72 Å². The number of nitrogens with one attached hydrogen (secondary N) is 2. The summed E-state index contributed by atoms with van der Waals surface area (Å²) in [4.78, 5) is 27.9. The van der Waals surface area contributed by atoms with Crippen LogP contribution in [0.4, 0.5) is 11.4 Å². The van der Waals surface area contributed by atoms with Crippen molar-refractivity contribution in [1.29, 1.82) is 0 Å². The molecule has 2 rings (SSSR count). The molecule has 0 aromatic heterocycles. The highest BCUT2D eigenvalue weighted by Crippen LogP contribution is 2.19. The maximum Gasteiger partial charge on any atom is 0.308 e. The lowest BCUT2D eigenvalue weighted by molar-refractivity contribution is -0.143. The van der Waals surface area contributed by atoms with E-state index >= 15 is 0 Å². The largest absolute Gasteiger partial charge is 0.466 e. The van der Waals surface area contributed by atoms with Gasteiger partial charge in [0.1, 0.15) is 0 Å². The highest BCUT2D eigenvalue weighted by atomic mass is 32.2. The normalized spacial score (nSPS) is 11.6. The fraction of sp³-hybridized carbons (Fsp3) is 0.190. The number of hydrogen-bond donors (Lipinski definition) is 4. The Morgan fingerprint density at radius 1 is 1.19 bits per heavy atom. The summed E-state index contributed by atoms with van der Waals surface area (Å²) in [6, 6.07) is 10.7. The van der Waals surface area contributed by atoms with Gasteiger partial charge in [-0.15, -0.1) is 6.42 Å². The number of ether oxygens (including phenoxy) is 1. The van der Waals surface area contributed by atoms with Crippen LogP contribution in [0.5, 0.6) is 0 Å². The van der Waals surface area contributed by atoms with Crippen molar-refractivity contribution in [1.82, 2.24) is 4.72 Å². The minimum atomic E-state index is -4.07. The van der Waals surface area contributed by atoms with Crippen LogP contribution >= 0.6 is 0 Å². The highest BCUT2D eigenvalue weighted by Gasteiger charge is 2.22. The van der Waals surface area contributed by atoms with E-state index in [0.717, 1.165) is 0 Å². The van der Waals surface area contributed by atoms with E-state index in [4.69, 9.17) is 22.6 Å². The van der Waals surface area contributed by atoms with Crippen LogP contribution in [-0.4, -0.2) is 38.9 Å². The van der Waals surface area contributed by atoms with Gasteiger partial charge in [0.2, 0.25) is 10.0 Å². The molecule has 0 saturated carbocycles. The number of nitrogens with two attached hydrogens (primary N) is 2. The van der Waals surface area contributed by atoms with Crippen molar-refractivity contribution in [3.63, 3.8) is 0 Å². The zero-order valence-corrected chi connectivity index (χ0v) is 18.1. The molecule has 1 atom stereocenters. The molecule has 0 unspecified atom stereocenters. The maximum atomic E-state index is 12.7. The van der Waals surface area contributed by atoms with Crippen molar-refractivity contribution in [2.24, 2.45) is 16.5 Å². The topological polar surface area (TPSA) is 166 Å². The van der Waals surface area contributed by atoms with Crippen molar-refractivity contribution in [3.8, 4) is 12.3 Å². The molecule has 0 aliphatic carbocycles. The number of guanidine groups is 1. The summed E-state index contributed by atoms with van der Waals surface area (Å²) in [5.74, 6) is 0.944. The van der Waals surface area contributed by atoms with Gasteiger partial charge in [-0.05, 0) is 43.3 Å². The van der Waals surface area contributed by atoms with Gasteiger partial charge in [0.25, 0.3) is 5.91 Å². The SMILES string of the molecule is C#C[C@H](CC(=O)OCC)NS(=O)(=O)c1cccc(NC(=O)c2cccc(N=C(N)N)c2)c1. The summed E-state index contributed by atoms with van der Waals surface area (Å²) >= 11 is 0. The van der Waals surface area contributed by atoms with Crippen LogP contribution in [0, 0.1) is 12.3 Å². The number of aliphatic imine (C=N–C) groups is 1. The number of carbonyl (C=O) groups excluding carboxylic acids is 2. The van der Waals surface area contributed by atoms with E-state index in [1.165, 1.54) is 30.3 Å². The van der Waals surface area contributed by atoms with Crippen molar-refractivity contribution in [3.05, 3.63) is 54.1 Å². The molecule has 2 aromatic rings. The van der Waals surface area contributed by atoms with Gasteiger partial charge in [0.15, 0.2) is 5.96 Å². The van der Waals surface area contributed by atoms with E-state index in [1.807, 2.05) is 0 Å². The van der Waals surface area contributed by atoms with E-state index in [9.17, 15) is 18.0 Å². The lowest BCUT2D eigenvalue weighted by Crippen LogP contribution is -2.35. The number of carbonyl (C=O) groups is 2. The minimum absolute atomic E-state index is 0.145. The Kier molecular flexibility index (Phi) is 8.34. The first-order valence-corrected chi connectivity index (χ1v) is 10.9. The van der Waals surface area contributed by atoms with Crippen LogP contribution in [0.3, 0.4) is 0 Å². The molecule has 1 amide bonds. The summed E-state index contributed by atoms with van der Waals surface area (Å²) in [7, 11) is -4.07. The van der Waals surface area contributed by atoms with Crippen molar-refractivity contribution in [2.75, 3.05) is 11.9 Å². The van der Waals surface area contributed by atoms with Crippen LogP contribution < -0.4 is 21.5 Å². The van der Waals surface area contributed by atoms with E-state index in [0.29, 0.717) is 5.69 Å². The minimum Gasteiger partial charge on any atom is -0.466 e. The van der Waals surface area contributed by atoms with Crippen molar-refractivity contribution < 1.29 is 22.7 Å². The number of hydrogen-bond acceptors (Lipinski definition) is 6. The van der Waals surface area contributed by atoms with Gasteiger partial charge >= 0.3 is 5.97 Å². The number of anilines is 1. The molecule has 0 spiro atoms. The second kappa shape index (κ2) is 10.9. The van der Waals surface area contributed by atoms with Gasteiger partial charge in [-0.3, -0.25) is 9.59 Å². The first-order chi connectivity index (χ1) is 15.1. The molecule has 10 nitrogen and oxygen atoms in total. The standard InChI is InChI=1S/C21H23N5O5S/c1-3-15(13-19(27)31-4-2)26-32(29,30)18-10-6-9-17(12-18)24-20(28)14-7-5-8-16(11-14)25-21(22)23/h1,5-12,15,26H,4,13H2,2H3,(H,24,28)(H4,22,23,25)/t15-/m1/s1. The Morgan fingerprint density at radius 2 is 1.91 bits per heavy atom. The first-order valence-electron chi connectivity index (χ1n) is 9.39. The predicted molar refractivity (Wildman–Crippen MR) is 120 cm³/mol. The zero-order chi connectivity index (χ0) is 23.7. The maximum absolute atomic E-state index is 12.7. The molecule has 0 heterocycles. The second-order valence-electron chi connectivity index (χ2n) is 6.42. The van der Waals surface area contributed by atoms with Gasteiger partial charge < -0.3 is 21.5 Å². The number of esters is 1. The molecular weight excluding hydrogens is 434 g/mol. The third-order valence-corrected chi connectivity index (χ3v) is 5.41. The van der Waals surface area contributed by atoms with Crippen LogP contribution in [-0.2, 0) is 19.6 Å². The van der Waals surface area contributed by atoms with Gasteiger partial charge in [0.05, 0.1) is 29.7 Å².